The van der Waals surface area contributed by atoms with E-state index in [0.29, 0.717) is 45.8 Å². The highest BCUT2D eigenvalue weighted by Crippen LogP contribution is 2.26. The van der Waals surface area contributed by atoms with Gasteiger partial charge in [0.25, 0.3) is 5.91 Å². The lowest BCUT2D eigenvalue weighted by Crippen LogP contribution is -2.24. The summed E-state index contributed by atoms with van der Waals surface area (Å²) in [6.45, 7) is 0.276. The van der Waals surface area contributed by atoms with E-state index in [-0.39, 0.29) is 23.0 Å². The molecule has 0 saturated carbocycles. The Labute approximate surface area is 215 Å². The third-order valence-electron chi connectivity index (χ3n) is 4.95. The van der Waals surface area contributed by atoms with Crippen LogP contribution in [0.15, 0.2) is 52.8 Å². The molecule has 13 nitrogen and oxygen atoms in total. The molecule has 0 bridgehead atoms. The van der Waals surface area contributed by atoms with Crippen molar-refractivity contribution in [3.8, 4) is 5.88 Å². The van der Waals surface area contributed by atoms with Gasteiger partial charge >= 0.3 is 0 Å². The maximum absolute atomic E-state index is 13.2. The van der Waals surface area contributed by atoms with Crippen LogP contribution < -0.4 is 10.1 Å². The molecule has 0 atom stereocenters. The molecule has 194 valence electrons. The molecule has 0 aliphatic heterocycles. The first-order chi connectivity index (χ1) is 17.9. The summed E-state index contributed by atoms with van der Waals surface area (Å²) in [7, 11) is -0.485. The smallest absolute Gasteiger partial charge is 0.280 e. The van der Waals surface area contributed by atoms with Crippen molar-refractivity contribution in [3.05, 3.63) is 54.1 Å². The zero-order valence-electron chi connectivity index (χ0n) is 19.9. The molecule has 2 N–H and O–H groups in total. The summed E-state index contributed by atoms with van der Waals surface area (Å²) in [6, 6.07) is 9.22. The maximum Gasteiger partial charge on any atom is 0.280 e. The first-order valence-electron chi connectivity index (χ1n) is 10.9. The van der Waals surface area contributed by atoms with Crippen LogP contribution in [0.2, 0.25) is 0 Å². The Kier molecular flexibility index (Phi) is 8.37. The Morgan fingerprint density at radius 2 is 1.95 bits per heavy atom. The number of carbonyl (C=O) groups excluding carboxylic acids is 1. The highest BCUT2D eigenvalue weighted by atomic mass is 32.2. The second-order valence-electron chi connectivity index (χ2n) is 7.49. The normalized spacial score (nSPS) is 12.0. The summed E-state index contributed by atoms with van der Waals surface area (Å²) in [4.78, 5) is 31.8. The van der Waals surface area contributed by atoms with Gasteiger partial charge in [-0.1, -0.05) is 28.6 Å². The highest BCUT2D eigenvalue weighted by Gasteiger charge is 2.20. The van der Waals surface area contributed by atoms with Crippen molar-refractivity contribution in [3.63, 3.8) is 0 Å². The molecule has 4 rings (SSSR count). The van der Waals surface area contributed by atoms with Crippen molar-refractivity contribution >= 4 is 48.3 Å². The lowest BCUT2D eigenvalue weighted by Gasteiger charge is -2.08. The van der Waals surface area contributed by atoms with E-state index in [9.17, 15) is 13.2 Å². The standard InChI is InChI=1S/C22H23N7O6S2/c1-33-10-3-11-37(31,32)15-6-4-14(5-7-15)19(29-35-12-17-23-13-24-28-17)20(30)27-22-25-16-8-9-18(34-2)26-21(16)36-22/h4-9,13H,3,10-12H2,1-2H3,(H,23,24,28)(H,25,27,30)/b29-19+. The molecular formula is C22H23N7O6S2. The fourth-order valence-electron chi connectivity index (χ4n) is 3.14. The average Bonchev–Trinajstić information content (AvgIpc) is 3.55. The number of oxime groups is 1. The van der Waals surface area contributed by atoms with Crippen LogP contribution in [0.1, 0.15) is 17.8 Å². The number of nitrogens with zero attached hydrogens (tertiary/aromatic N) is 5. The quantitative estimate of drug-likeness (QED) is 0.153. The van der Waals surface area contributed by atoms with Crippen molar-refractivity contribution in [1.29, 1.82) is 0 Å². The van der Waals surface area contributed by atoms with E-state index in [2.05, 4.69) is 35.6 Å². The molecular weight excluding hydrogens is 522 g/mol. The predicted molar refractivity (Wildman–Crippen MR) is 135 cm³/mol. The van der Waals surface area contributed by atoms with Crippen LogP contribution in [0.4, 0.5) is 5.13 Å². The number of thiazole rings is 1. The van der Waals surface area contributed by atoms with E-state index in [1.165, 1.54) is 44.8 Å². The van der Waals surface area contributed by atoms with Crippen LogP contribution >= 0.6 is 11.3 Å². The summed E-state index contributed by atoms with van der Waals surface area (Å²) in [5.41, 5.74) is 0.837. The van der Waals surface area contributed by atoms with E-state index >= 15 is 0 Å². The second-order valence-corrected chi connectivity index (χ2v) is 10.6. The average molecular weight is 546 g/mol. The fraction of sp³-hybridized carbons (Fsp3) is 0.273. The Balaban J connectivity index is 1.57. The molecule has 0 fully saturated rings. The third kappa shape index (κ3) is 6.63. The number of hydrogen-bond donors (Lipinski definition) is 2. The number of nitrogens with one attached hydrogen (secondary N) is 2. The minimum atomic E-state index is -3.51. The lowest BCUT2D eigenvalue weighted by molar-refractivity contribution is -0.110. The van der Waals surface area contributed by atoms with E-state index in [0.717, 1.165) is 11.3 Å². The van der Waals surface area contributed by atoms with E-state index < -0.39 is 15.7 Å². The maximum atomic E-state index is 13.2. The number of carbonyl (C=O) groups is 1. The molecule has 1 aromatic carbocycles. The zero-order chi connectivity index (χ0) is 26.3. The van der Waals surface area contributed by atoms with Crippen molar-refractivity contribution in [1.82, 2.24) is 25.1 Å². The van der Waals surface area contributed by atoms with E-state index in [1.807, 2.05) is 0 Å². The van der Waals surface area contributed by atoms with Gasteiger partial charge in [0.1, 0.15) is 16.7 Å². The Morgan fingerprint density at radius 3 is 2.65 bits per heavy atom. The first-order valence-corrected chi connectivity index (χ1v) is 13.4. The Morgan fingerprint density at radius 1 is 1.14 bits per heavy atom. The molecule has 3 heterocycles. The van der Waals surface area contributed by atoms with E-state index in [1.54, 1.807) is 12.1 Å². The molecule has 0 radical (unpaired) electrons. The number of ether oxygens (including phenoxy) is 2. The lowest BCUT2D eigenvalue weighted by atomic mass is 10.1. The van der Waals surface area contributed by atoms with Crippen LogP contribution in [-0.2, 0) is 30.8 Å². The summed E-state index contributed by atoms with van der Waals surface area (Å²) in [6.07, 6.45) is 1.69. The minimum absolute atomic E-state index is 0.0572. The van der Waals surface area contributed by atoms with Gasteiger partial charge < -0.3 is 14.3 Å². The number of sulfone groups is 1. The summed E-state index contributed by atoms with van der Waals surface area (Å²) in [5.74, 6) is 0.166. The first kappa shape index (κ1) is 26.1. The van der Waals surface area contributed by atoms with Gasteiger partial charge in [0.15, 0.2) is 33.1 Å². The third-order valence-corrected chi connectivity index (χ3v) is 7.64. The predicted octanol–water partition coefficient (Wildman–Crippen LogP) is 2.19. The molecule has 37 heavy (non-hydrogen) atoms. The van der Waals surface area contributed by atoms with Crippen LogP contribution in [0.25, 0.3) is 10.3 Å². The van der Waals surface area contributed by atoms with Crippen LogP contribution in [0.5, 0.6) is 5.88 Å². The number of methoxy groups -OCH3 is 2. The van der Waals surface area contributed by atoms with Crippen LogP contribution in [0.3, 0.4) is 0 Å². The van der Waals surface area contributed by atoms with Crippen LogP contribution in [-0.4, -0.2) is 71.8 Å². The number of pyridine rings is 1. The number of aromatic nitrogens is 5. The molecule has 1 amide bonds. The SMILES string of the molecule is COCCCS(=O)(=O)c1ccc(/C(=N\OCc2ncn[nH]2)C(=O)Nc2nc3ccc(OC)nc3s2)cc1. The molecule has 0 unspecified atom stereocenters. The van der Waals surface area contributed by atoms with Crippen LogP contribution in [0, 0.1) is 0 Å². The van der Waals surface area contributed by atoms with Gasteiger partial charge in [-0.25, -0.2) is 23.4 Å². The Hall–Kier alpha value is -3.95. The van der Waals surface area contributed by atoms with Crippen molar-refractivity contribution in [2.75, 3.05) is 31.9 Å². The van der Waals surface area contributed by atoms with Gasteiger partial charge in [-0.2, -0.15) is 5.10 Å². The molecule has 15 heteroatoms. The topological polar surface area (TPSA) is 171 Å². The number of anilines is 1. The fourth-order valence-corrected chi connectivity index (χ4v) is 5.25. The molecule has 3 aromatic heterocycles. The van der Waals surface area contributed by atoms with Crippen molar-refractivity contribution in [2.24, 2.45) is 5.16 Å². The van der Waals surface area contributed by atoms with Gasteiger partial charge in [0, 0.05) is 25.3 Å². The summed E-state index contributed by atoms with van der Waals surface area (Å²) in [5, 5.41) is 13.3. The van der Waals surface area contributed by atoms with Gasteiger partial charge in [-0.05, 0) is 24.6 Å². The summed E-state index contributed by atoms with van der Waals surface area (Å²) < 4.78 is 35.2. The number of aromatic amines is 1. The van der Waals surface area contributed by atoms with Crippen molar-refractivity contribution < 1.29 is 27.5 Å². The summed E-state index contributed by atoms with van der Waals surface area (Å²) >= 11 is 1.16. The molecule has 0 aliphatic carbocycles. The second kappa shape index (κ2) is 11.9. The minimum Gasteiger partial charge on any atom is -0.481 e. The number of rotatable bonds is 12. The number of benzene rings is 1. The highest BCUT2D eigenvalue weighted by molar-refractivity contribution is 7.91. The monoisotopic (exact) mass is 545 g/mol. The largest absolute Gasteiger partial charge is 0.481 e. The zero-order valence-corrected chi connectivity index (χ0v) is 21.5. The van der Waals surface area contributed by atoms with Gasteiger partial charge in [-0.3, -0.25) is 15.2 Å². The van der Waals surface area contributed by atoms with Crippen molar-refractivity contribution in [2.45, 2.75) is 17.9 Å². The Bertz CT molecular complexity index is 1490. The van der Waals surface area contributed by atoms with Gasteiger partial charge in [0.05, 0.1) is 17.8 Å². The molecule has 0 spiro atoms. The van der Waals surface area contributed by atoms with Gasteiger partial charge in [-0.15, -0.1) is 0 Å². The van der Waals surface area contributed by atoms with Gasteiger partial charge in [0.2, 0.25) is 5.88 Å². The van der Waals surface area contributed by atoms with E-state index in [4.69, 9.17) is 14.3 Å². The number of H-pyrrole nitrogens is 1. The number of fused-ring (bicyclic) bond motifs is 1. The number of hydrogen-bond acceptors (Lipinski definition) is 12. The molecule has 0 saturated heterocycles. The molecule has 4 aromatic rings. The molecule has 0 aliphatic rings. The number of amides is 1.